The molecule has 3 aliphatic carbocycles. The molecule has 1 saturated heterocycles. The van der Waals surface area contributed by atoms with E-state index < -0.39 is 24.7 Å². The van der Waals surface area contributed by atoms with Crippen molar-refractivity contribution in [2.45, 2.75) is 96.3 Å². The Bertz CT molecular complexity index is 740. The lowest BCUT2D eigenvalue weighted by molar-refractivity contribution is -0.340. The van der Waals surface area contributed by atoms with Gasteiger partial charge in [-0.05, 0) is 81.0 Å². The average Bonchev–Trinajstić information content (AvgIpc) is 3.27. The molecule has 0 spiro atoms. The van der Waals surface area contributed by atoms with Gasteiger partial charge in [-0.25, -0.2) is 0 Å². The zero-order valence-corrected chi connectivity index (χ0v) is 20.0. The number of aliphatic hydroxyl groups excluding tert-OH is 2. The fourth-order valence-corrected chi connectivity index (χ4v) is 7.53. The lowest BCUT2D eigenvalue weighted by Gasteiger charge is -2.45. The third-order valence-electron chi connectivity index (χ3n) is 8.87. The Balaban J connectivity index is 1.38. The quantitative estimate of drug-likeness (QED) is 0.578. The highest BCUT2D eigenvalue weighted by atomic mass is 19.4. The third-order valence-corrected chi connectivity index (χ3v) is 8.87. The van der Waals surface area contributed by atoms with Crippen LogP contribution in [0.3, 0.4) is 0 Å². The highest BCUT2D eigenvalue weighted by molar-refractivity contribution is 5.26. The number of allylic oxidation sites excluding steroid dienone is 3. The molecule has 1 heterocycles. The van der Waals surface area contributed by atoms with Crippen LogP contribution in [0.2, 0.25) is 0 Å². The van der Waals surface area contributed by atoms with Crippen molar-refractivity contribution in [1.29, 1.82) is 0 Å². The van der Waals surface area contributed by atoms with E-state index in [-0.39, 0.29) is 5.41 Å². The predicted octanol–water partition coefficient (Wildman–Crippen LogP) is 5.21. The van der Waals surface area contributed by atoms with Crippen LogP contribution in [0, 0.1) is 23.2 Å². The van der Waals surface area contributed by atoms with Crippen molar-refractivity contribution in [2.24, 2.45) is 23.2 Å². The van der Waals surface area contributed by atoms with E-state index in [9.17, 15) is 23.4 Å². The van der Waals surface area contributed by atoms with E-state index in [1.54, 1.807) is 0 Å². The lowest BCUT2D eigenvalue weighted by Crippen LogP contribution is -2.39. The molecular formula is C26H40F3NO3. The van der Waals surface area contributed by atoms with Gasteiger partial charge in [0.15, 0.2) is 0 Å². The number of fused-ring (bicyclic) bond motifs is 1. The second-order valence-electron chi connectivity index (χ2n) is 11.3. The second-order valence-corrected chi connectivity index (χ2v) is 11.3. The van der Waals surface area contributed by atoms with Gasteiger partial charge in [0, 0.05) is 19.6 Å². The van der Waals surface area contributed by atoms with Crippen LogP contribution in [0.1, 0.15) is 71.6 Å². The molecule has 188 valence electrons. The minimum atomic E-state index is -4.55. The first kappa shape index (κ1) is 25.2. The van der Waals surface area contributed by atoms with E-state index in [4.69, 9.17) is 0 Å². The second kappa shape index (κ2) is 10.00. The summed E-state index contributed by atoms with van der Waals surface area (Å²) in [7, 11) is 0. The van der Waals surface area contributed by atoms with Gasteiger partial charge in [-0.2, -0.15) is 0 Å². The number of likely N-dealkylation sites (tertiary alicyclic amines) is 1. The molecule has 2 N–H and O–H groups in total. The van der Waals surface area contributed by atoms with E-state index in [0.717, 1.165) is 18.5 Å². The molecule has 1 aliphatic heterocycles. The van der Waals surface area contributed by atoms with Crippen LogP contribution >= 0.6 is 0 Å². The fraction of sp³-hybridized carbons (Fsp3) is 0.846. The number of nitrogens with zero attached hydrogens (tertiary/aromatic N) is 1. The molecule has 0 radical (unpaired) electrons. The van der Waals surface area contributed by atoms with Crippen LogP contribution in [0.5, 0.6) is 0 Å². The van der Waals surface area contributed by atoms with Crippen molar-refractivity contribution in [1.82, 2.24) is 4.90 Å². The molecule has 7 heteroatoms. The maximum atomic E-state index is 12.6. The number of halogens is 3. The van der Waals surface area contributed by atoms with E-state index in [2.05, 4.69) is 35.6 Å². The van der Waals surface area contributed by atoms with Gasteiger partial charge >= 0.3 is 6.36 Å². The summed E-state index contributed by atoms with van der Waals surface area (Å²) in [4.78, 5) is 2.15. The van der Waals surface area contributed by atoms with Crippen molar-refractivity contribution in [2.75, 3.05) is 19.6 Å². The number of aliphatic hydroxyl groups is 2. The smallest absolute Gasteiger partial charge is 0.393 e. The number of hydrogen-bond acceptors (Lipinski definition) is 4. The van der Waals surface area contributed by atoms with Crippen molar-refractivity contribution >= 4 is 0 Å². The van der Waals surface area contributed by atoms with Crippen LogP contribution < -0.4 is 0 Å². The van der Waals surface area contributed by atoms with E-state index in [0.29, 0.717) is 56.5 Å². The van der Waals surface area contributed by atoms with Gasteiger partial charge in [-0.1, -0.05) is 37.1 Å². The Morgan fingerprint density at radius 3 is 2.58 bits per heavy atom. The normalized spacial score (nSPS) is 41.6. The number of hydrogen-bond donors (Lipinski definition) is 2. The average molecular weight is 472 g/mol. The Labute approximate surface area is 195 Å². The van der Waals surface area contributed by atoms with Gasteiger partial charge < -0.3 is 15.1 Å². The SMILES string of the molecule is CC(CN1CC[C@H](OC(F)(F)F)C1)[C@H]1CC[C@H]2/C(=C/C=C3/C[C@@H](O)C[C@@H](O)C3)CCC[C@]12C. The highest BCUT2D eigenvalue weighted by Crippen LogP contribution is 2.59. The topological polar surface area (TPSA) is 52.9 Å². The van der Waals surface area contributed by atoms with Crippen molar-refractivity contribution < 1.29 is 28.1 Å². The van der Waals surface area contributed by atoms with E-state index >= 15 is 0 Å². The summed E-state index contributed by atoms with van der Waals surface area (Å²) in [6.07, 6.45) is 6.28. The maximum absolute atomic E-state index is 12.6. The molecule has 33 heavy (non-hydrogen) atoms. The van der Waals surface area contributed by atoms with Crippen LogP contribution in [-0.2, 0) is 4.74 Å². The molecular weight excluding hydrogens is 431 g/mol. The van der Waals surface area contributed by atoms with Crippen molar-refractivity contribution in [3.05, 3.63) is 23.3 Å². The summed E-state index contributed by atoms with van der Waals surface area (Å²) in [6, 6.07) is 0. The molecule has 7 atom stereocenters. The minimum absolute atomic E-state index is 0.231. The molecule has 3 saturated carbocycles. The Kier molecular flexibility index (Phi) is 7.64. The molecule has 4 nitrogen and oxygen atoms in total. The molecule has 0 aromatic rings. The molecule has 4 fully saturated rings. The molecule has 1 unspecified atom stereocenters. The van der Waals surface area contributed by atoms with Crippen LogP contribution in [0.15, 0.2) is 23.3 Å². The summed E-state index contributed by atoms with van der Waals surface area (Å²) < 4.78 is 41.9. The summed E-state index contributed by atoms with van der Waals surface area (Å²) in [5.41, 5.74) is 2.86. The lowest BCUT2D eigenvalue weighted by atomic mass is 9.61. The number of ether oxygens (including phenoxy) is 1. The molecule has 0 bridgehead atoms. The van der Waals surface area contributed by atoms with Gasteiger partial charge in [-0.3, -0.25) is 4.74 Å². The predicted molar refractivity (Wildman–Crippen MR) is 121 cm³/mol. The van der Waals surface area contributed by atoms with Gasteiger partial charge in [-0.15, -0.1) is 13.2 Å². The summed E-state index contributed by atoms with van der Waals surface area (Å²) in [5.74, 6) is 1.56. The van der Waals surface area contributed by atoms with Gasteiger partial charge in [0.05, 0.1) is 18.3 Å². The van der Waals surface area contributed by atoms with Crippen molar-refractivity contribution in [3.8, 4) is 0 Å². The monoisotopic (exact) mass is 471 g/mol. The molecule has 4 aliphatic rings. The minimum Gasteiger partial charge on any atom is -0.393 e. The zero-order valence-electron chi connectivity index (χ0n) is 20.0. The highest BCUT2D eigenvalue weighted by Gasteiger charge is 2.51. The molecule has 0 aromatic heterocycles. The third kappa shape index (κ3) is 6.03. The Morgan fingerprint density at radius 1 is 1.15 bits per heavy atom. The summed E-state index contributed by atoms with van der Waals surface area (Å²) in [6.45, 7) is 6.59. The number of alkyl halides is 3. The van der Waals surface area contributed by atoms with Crippen molar-refractivity contribution in [3.63, 3.8) is 0 Å². The summed E-state index contributed by atoms with van der Waals surface area (Å²) >= 11 is 0. The van der Waals surface area contributed by atoms with Crippen LogP contribution in [0.4, 0.5) is 13.2 Å². The summed E-state index contributed by atoms with van der Waals surface area (Å²) in [5, 5.41) is 19.9. The first-order valence-corrected chi connectivity index (χ1v) is 12.7. The Hall–Kier alpha value is -0.890. The van der Waals surface area contributed by atoms with E-state index in [1.165, 1.54) is 31.3 Å². The first-order valence-electron chi connectivity index (χ1n) is 12.7. The molecule has 0 aromatic carbocycles. The fourth-order valence-electron chi connectivity index (χ4n) is 7.53. The van der Waals surface area contributed by atoms with E-state index in [1.807, 2.05) is 0 Å². The standard InChI is InChI=1S/C26H40F3NO3/c1-17(15-30-11-9-22(16-30)33-26(27,28)29)23-7-8-24-19(4-3-10-25(23,24)2)6-5-18-12-20(31)14-21(32)13-18/h5-6,17,20-24,31-32H,3-4,7-16H2,1-2H3/b18-5-,19-6+/t17?,20-,21+,22+,23-,24+,25-/m1/s1. The first-order chi connectivity index (χ1) is 15.5. The zero-order chi connectivity index (χ0) is 23.8. The Morgan fingerprint density at radius 2 is 1.88 bits per heavy atom. The van der Waals surface area contributed by atoms with Crippen LogP contribution in [-0.4, -0.2) is 59.4 Å². The maximum Gasteiger partial charge on any atom is 0.522 e. The van der Waals surface area contributed by atoms with Gasteiger partial charge in [0.25, 0.3) is 0 Å². The van der Waals surface area contributed by atoms with Gasteiger partial charge in [0.2, 0.25) is 0 Å². The number of rotatable bonds is 5. The largest absolute Gasteiger partial charge is 0.522 e. The molecule has 0 amide bonds. The van der Waals surface area contributed by atoms with Gasteiger partial charge in [0.1, 0.15) is 0 Å². The van der Waals surface area contributed by atoms with Crippen LogP contribution in [0.25, 0.3) is 0 Å². The molecule has 4 rings (SSSR count).